The van der Waals surface area contributed by atoms with Gasteiger partial charge in [-0.05, 0) is 38.2 Å². The van der Waals surface area contributed by atoms with Gasteiger partial charge in [-0.25, -0.2) is 18.4 Å². The van der Waals surface area contributed by atoms with Crippen molar-refractivity contribution >= 4 is 27.2 Å². The number of piperidine rings is 1. The molecule has 13 heteroatoms. The van der Waals surface area contributed by atoms with E-state index in [4.69, 9.17) is 10.7 Å². The highest BCUT2D eigenvalue weighted by atomic mass is 32.2. The number of hydrogen-bond donors (Lipinski definition) is 2. The molecule has 4 aromatic heterocycles. The summed E-state index contributed by atoms with van der Waals surface area (Å²) < 4.78 is 28.7. The topological polar surface area (TPSA) is 165 Å². The first kappa shape index (κ1) is 27.2. The number of nitrogen functional groups attached to an aromatic ring is 1. The summed E-state index contributed by atoms with van der Waals surface area (Å²) in [7, 11) is -3.75. The van der Waals surface area contributed by atoms with Crippen molar-refractivity contribution in [2.75, 3.05) is 11.5 Å². The Hall–Kier alpha value is -4.65. The summed E-state index contributed by atoms with van der Waals surface area (Å²) in [5.74, 6) is -0.171. The molecule has 220 valence electrons. The first-order chi connectivity index (χ1) is 20.9. The maximum absolute atomic E-state index is 13.7. The number of nitrogens with zero attached hydrogens (tertiary/aromatic N) is 7. The van der Waals surface area contributed by atoms with Crippen LogP contribution in [0.25, 0.3) is 28.0 Å². The van der Waals surface area contributed by atoms with Crippen LogP contribution >= 0.6 is 0 Å². The van der Waals surface area contributed by atoms with E-state index in [1.165, 1.54) is 10.8 Å². The van der Waals surface area contributed by atoms with Crippen LogP contribution in [0.3, 0.4) is 0 Å². The highest BCUT2D eigenvalue weighted by Gasteiger charge is 2.46. The predicted octanol–water partition coefficient (Wildman–Crippen LogP) is 3.89. The molecule has 1 amide bonds. The van der Waals surface area contributed by atoms with Gasteiger partial charge >= 0.3 is 0 Å². The van der Waals surface area contributed by atoms with Gasteiger partial charge in [0.15, 0.2) is 15.5 Å². The minimum atomic E-state index is -3.75. The predicted molar refractivity (Wildman–Crippen MR) is 160 cm³/mol. The number of amides is 1. The molecule has 2 aliphatic rings. The lowest BCUT2D eigenvalue weighted by atomic mass is 9.87. The van der Waals surface area contributed by atoms with Crippen LogP contribution in [-0.4, -0.2) is 71.8 Å². The number of aromatic nitrogens is 7. The van der Waals surface area contributed by atoms with Gasteiger partial charge in [0.25, 0.3) is 5.91 Å². The molecule has 0 saturated carbocycles. The number of hydrogen-bond acceptors (Lipinski definition) is 9. The van der Waals surface area contributed by atoms with Crippen molar-refractivity contribution in [3.63, 3.8) is 0 Å². The first-order valence-electron chi connectivity index (χ1n) is 14.5. The fourth-order valence-electron chi connectivity index (χ4n) is 6.68. The number of carbonyl (C=O) groups excluding carboxylic acids is 1. The summed E-state index contributed by atoms with van der Waals surface area (Å²) >= 11 is 0. The van der Waals surface area contributed by atoms with E-state index in [1.54, 1.807) is 12.4 Å². The van der Waals surface area contributed by atoms with Gasteiger partial charge in [0, 0.05) is 40.9 Å². The Balaban J connectivity index is 1.30. The Morgan fingerprint density at radius 2 is 1.79 bits per heavy atom. The Morgan fingerprint density at radius 1 is 1.02 bits per heavy atom. The number of pyridine rings is 1. The maximum Gasteiger partial charge on any atom is 0.291 e. The minimum absolute atomic E-state index is 0.0495. The SMILES string of the molecule is CCCS(=O)(=O)c1c(C2C[C@H]3CC[C@@H](C2)N3C(=O)c2ncn[nH]2)nc2c(-c3ccc(-c4ccccc4)nc3)cnn2c1N. The summed E-state index contributed by atoms with van der Waals surface area (Å²) in [4.78, 5) is 28.9. The number of nitrogens with one attached hydrogen (secondary N) is 1. The van der Waals surface area contributed by atoms with Crippen LogP contribution in [0.4, 0.5) is 5.82 Å². The normalized spacial score (nSPS) is 20.1. The van der Waals surface area contributed by atoms with E-state index in [0.29, 0.717) is 36.2 Å². The summed E-state index contributed by atoms with van der Waals surface area (Å²) in [5.41, 5.74) is 10.9. The Labute approximate surface area is 248 Å². The van der Waals surface area contributed by atoms with Crippen LogP contribution in [0.15, 0.2) is 66.1 Å². The number of sulfone groups is 1. The monoisotopic (exact) mass is 597 g/mol. The third kappa shape index (κ3) is 4.63. The number of rotatable bonds is 7. The Bertz CT molecular complexity index is 1890. The largest absolute Gasteiger partial charge is 0.382 e. The fourth-order valence-corrected chi connectivity index (χ4v) is 8.36. The van der Waals surface area contributed by atoms with Gasteiger partial charge in [-0.2, -0.15) is 14.7 Å². The van der Waals surface area contributed by atoms with Crippen molar-refractivity contribution < 1.29 is 13.2 Å². The van der Waals surface area contributed by atoms with Crippen molar-refractivity contribution in [2.45, 2.75) is 61.9 Å². The second-order valence-corrected chi connectivity index (χ2v) is 13.3. The summed E-state index contributed by atoms with van der Waals surface area (Å²) in [6.45, 7) is 1.82. The molecule has 2 bridgehead atoms. The van der Waals surface area contributed by atoms with E-state index in [1.807, 2.05) is 54.3 Å². The van der Waals surface area contributed by atoms with Crippen LogP contribution in [0.5, 0.6) is 0 Å². The minimum Gasteiger partial charge on any atom is -0.382 e. The van der Waals surface area contributed by atoms with Gasteiger partial charge in [0.05, 0.1) is 23.3 Å². The second kappa shape index (κ2) is 10.6. The lowest BCUT2D eigenvalue weighted by Crippen LogP contribution is -2.46. The van der Waals surface area contributed by atoms with Crippen molar-refractivity contribution in [3.05, 3.63) is 72.7 Å². The quantitative estimate of drug-likeness (QED) is 0.283. The number of nitrogens with two attached hydrogens (primary N) is 1. The molecule has 12 nitrogen and oxygen atoms in total. The van der Waals surface area contributed by atoms with Crippen molar-refractivity contribution in [3.8, 4) is 22.4 Å². The van der Waals surface area contributed by atoms with Crippen LogP contribution in [0.1, 0.15) is 61.3 Å². The standard InChI is InChI=1S/C30H31N9O3S/c1-2-12-43(41,42)26-25(20-13-21-9-10-22(14-20)38(21)30(40)28-33-17-34-37-28)36-29-23(16-35-39(29)27(26)31)19-8-11-24(32-15-19)18-6-4-3-5-7-18/h3-8,11,15-17,20-22H,2,9-10,12-14,31H2,1H3,(H,33,34,37)/t20?,21-,22+. The third-order valence-electron chi connectivity index (χ3n) is 8.56. The van der Waals surface area contributed by atoms with Crippen LogP contribution < -0.4 is 5.73 Å². The van der Waals surface area contributed by atoms with Gasteiger partial charge < -0.3 is 10.6 Å². The summed E-state index contributed by atoms with van der Waals surface area (Å²) in [6, 6.07) is 13.7. The maximum atomic E-state index is 13.7. The highest BCUT2D eigenvalue weighted by Crippen LogP contribution is 2.46. The average molecular weight is 598 g/mol. The van der Waals surface area contributed by atoms with Crippen LogP contribution in [-0.2, 0) is 9.84 Å². The zero-order chi connectivity index (χ0) is 29.7. The zero-order valence-electron chi connectivity index (χ0n) is 23.6. The van der Waals surface area contributed by atoms with Gasteiger partial charge in [-0.15, -0.1) is 0 Å². The van der Waals surface area contributed by atoms with Crippen molar-refractivity contribution in [1.82, 2.24) is 39.7 Å². The number of anilines is 1. The lowest BCUT2D eigenvalue weighted by molar-refractivity contribution is 0.0556. The molecule has 2 saturated heterocycles. The smallest absolute Gasteiger partial charge is 0.291 e. The van der Waals surface area contributed by atoms with E-state index in [0.717, 1.165) is 29.7 Å². The molecule has 1 aromatic carbocycles. The van der Waals surface area contributed by atoms with Gasteiger partial charge in [-0.3, -0.25) is 14.9 Å². The van der Waals surface area contributed by atoms with E-state index in [2.05, 4.69) is 25.3 Å². The number of fused-ring (bicyclic) bond motifs is 3. The summed E-state index contributed by atoms with van der Waals surface area (Å²) in [6.07, 6.45) is 7.99. The Kier molecular flexibility index (Phi) is 6.68. The fraction of sp³-hybridized carbons (Fsp3) is 0.333. The number of aromatic amines is 1. The Morgan fingerprint density at radius 3 is 2.44 bits per heavy atom. The molecular formula is C30H31N9O3S. The molecule has 6 heterocycles. The average Bonchev–Trinajstić information content (AvgIpc) is 3.76. The highest BCUT2D eigenvalue weighted by molar-refractivity contribution is 7.91. The molecule has 2 fully saturated rings. The molecule has 5 aromatic rings. The molecule has 7 rings (SSSR count). The molecule has 1 unspecified atom stereocenters. The molecule has 3 N–H and O–H groups in total. The lowest BCUT2D eigenvalue weighted by Gasteiger charge is -2.38. The summed E-state index contributed by atoms with van der Waals surface area (Å²) in [5, 5.41) is 11.0. The van der Waals surface area contributed by atoms with E-state index in [-0.39, 0.29) is 46.2 Å². The van der Waals surface area contributed by atoms with Crippen molar-refractivity contribution in [2.24, 2.45) is 0 Å². The number of H-pyrrole nitrogens is 1. The van der Waals surface area contributed by atoms with Gasteiger partial charge in [-0.1, -0.05) is 43.3 Å². The van der Waals surface area contributed by atoms with Gasteiger partial charge in [0.2, 0.25) is 5.82 Å². The van der Waals surface area contributed by atoms with E-state index in [9.17, 15) is 13.2 Å². The number of carbonyl (C=O) groups is 1. The molecular weight excluding hydrogens is 566 g/mol. The third-order valence-corrected chi connectivity index (χ3v) is 10.5. The van der Waals surface area contributed by atoms with Crippen molar-refractivity contribution in [1.29, 1.82) is 0 Å². The molecule has 43 heavy (non-hydrogen) atoms. The van der Waals surface area contributed by atoms with Gasteiger partial charge in [0.1, 0.15) is 17.0 Å². The second-order valence-electron chi connectivity index (χ2n) is 11.2. The zero-order valence-corrected chi connectivity index (χ0v) is 24.4. The van der Waals surface area contributed by atoms with E-state index >= 15 is 0 Å². The first-order valence-corrected chi connectivity index (χ1v) is 16.1. The molecule has 0 radical (unpaired) electrons. The molecule has 0 aliphatic carbocycles. The molecule has 0 spiro atoms. The van der Waals surface area contributed by atoms with Crippen LogP contribution in [0.2, 0.25) is 0 Å². The molecule has 3 atom stereocenters. The number of benzene rings is 1. The van der Waals surface area contributed by atoms with Crippen LogP contribution in [0, 0.1) is 0 Å². The van der Waals surface area contributed by atoms with E-state index < -0.39 is 9.84 Å². The molecule has 2 aliphatic heterocycles.